The molecule has 0 radical (unpaired) electrons. The first-order valence-electron chi connectivity index (χ1n) is 9.64. The minimum Gasteiger partial charge on any atom is -0.508 e. The first kappa shape index (κ1) is 20.1. The fourth-order valence-corrected chi connectivity index (χ4v) is 4.33. The SMILES string of the molecule is Oc1ccc(Cl)cc1[C@@H]1CC(c2ccc3c(c2)OCO3)=N[C@H](c2c(F)cccc2Cl)N1. The van der Waals surface area contributed by atoms with Crippen LogP contribution in [0, 0.1) is 5.82 Å². The third kappa shape index (κ3) is 3.83. The van der Waals surface area contributed by atoms with Crippen LogP contribution in [0.3, 0.4) is 0 Å². The van der Waals surface area contributed by atoms with Gasteiger partial charge in [0, 0.05) is 34.3 Å². The quantitative estimate of drug-likeness (QED) is 0.521. The number of hydrogen-bond donors (Lipinski definition) is 2. The summed E-state index contributed by atoms with van der Waals surface area (Å²) in [6.45, 7) is 0.166. The second-order valence-corrected chi connectivity index (χ2v) is 8.15. The molecule has 158 valence electrons. The number of aliphatic imine (C=N–C) groups is 1. The molecular weight excluding hydrogens is 442 g/mol. The average molecular weight is 459 g/mol. The van der Waals surface area contributed by atoms with Crippen LogP contribution < -0.4 is 14.8 Å². The third-order valence-corrected chi connectivity index (χ3v) is 5.95. The molecule has 3 aromatic rings. The lowest BCUT2D eigenvalue weighted by Gasteiger charge is -2.31. The molecule has 5 nitrogen and oxygen atoms in total. The van der Waals surface area contributed by atoms with E-state index >= 15 is 0 Å². The van der Waals surface area contributed by atoms with E-state index in [2.05, 4.69) is 5.32 Å². The number of benzene rings is 3. The van der Waals surface area contributed by atoms with Gasteiger partial charge in [-0.2, -0.15) is 0 Å². The van der Waals surface area contributed by atoms with Gasteiger partial charge in [0.25, 0.3) is 0 Å². The first-order chi connectivity index (χ1) is 15.0. The molecule has 0 fully saturated rings. The first-order valence-corrected chi connectivity index (χ1v) is 10.4. The van der Waals surface area contributed by atoms with Gasteiger partial charge < -0.3 is 14.6 Å². The van der Waals surface area contributed by atoms with E-state index < -0.39 is 12.0 Å². The molecule has 2 N–H and O–H groups in total. The molecule has 0 saturated heterocycles. The summed E-state index contributed by atoms with van der Waals surface area (Å²) in [5.74, 6) is 0.916. The highest BCUT2D eigenvalue weighted by Gasteiger charge is 2.31. The van der Waals surface area contributed by atoms with Crippen LogP contribution in [-0.2, 0) is 0 Å². The van der Waals surface area contributed by atoms with Crippen molar-refractivity contribution in [1.29, 1.82) is 0 Å². The molecule has 0 saturated carbocycles. The van der Waals surface area contributed by atoms with Crippen LogP contribution in [-0.4, -0.2) is 17.6 Å². The molecule has 0 aliphatic carbocycles. The predicted octanol–water partition coefficient (Wildman–Crippen LogP) is 5.79. The van der Waals surface area contributed by atoms with Crippen molar-refractivity contribution in [2.45, 2.75) is 18.6 Å². The molecule has 3 aromatic carbocycles. The second-order valence-electron chi connectivity index (χ2n) is 7.31. The fraction of sp³-hybridized carbons (Fsp3) is 0.174. The number of hydrogen-bond acceptors (Lipinski definition) is 5. The zero-order valence-electron chi connectivity index (χ0n) is 16.1. The summed E-state index contributed by atoms with van der Waals surface area (Å²) >= 11 is 12.5. The Balaban J connectivity index is 1.61. The van der Waals surface area contributed by atoms with Gasteiger partial charge in [-0.15, -0.1) is 0 Å². The molecule has 0 spiro atoms. The molecule has 2 aliphatic heterocycles. The number of nitrogens with zero attached hydrogens (tertiary/aromatic N) is 1. The van der Waals surface area contributed by atoms with Gasteiger partial charge in [0.05, 0.1) is 5.02 Å². The van der Waals surface area contributed by atoms with E-state index in [1.54, 1.807) is 24.3 Å². The molecule has 0 amide bonds. The third-order valence-electron chi connectivity index (χ3n) is 5.39. The summed E-state index contributed by atoms with van der Waals surface area (Å²) in [5.41, 5.74) is 2.37. The van der Waals surface area contributed by atoms with Crippen molar-refractivity contribution in [2.24, 2.45) is 4.99 Å². The van der Waals surface area contributed by atoms with Crippen LogP contribution in [0.1, 0.15) is 35.3 Å². The number of phenolic OH excluding ortho intramolecular Hbond substituents is 1. The van der Waals surface area contributed by atoms with Crippen molar-refractivity contribution in [2.75, 3.05) is 6.79 Å². The predicted molar refractivity (Wildman–Crippen MR) is 117 cm³/mol. The highest BCUT2D eigenvalue weighted by molar-refractivity contribution is 6.31. The number of halogens is 3. The number of ether oxygens (including phenoxy) is 2. The molecule has 2 atom stereocenters. The van der Waals surface area contributed by atoms with Gasteiger partial charge in [-0.3, -0.25) is 10.3 Å². The smallest absolute Gasteiger partial charge is 0.231 e. The molecule has 31 heavy (non-hydrogen) atoms. The van der Waals surface area contributed by atoms with Crippen molar-refractivity contribution >= 4 is 28.9 Å². The Morgan fingerprint density at radius 2 is 1.87 bits per heavy atom. The van der Waals surface area contributed by atoms with Crippen LogP contribution in [0.2, 0.25) is 10.0 Å². The van der Waals surface area contributed by atoms with E-state index in [1.807, 2.05) is 18.2 Å². The standard InChI is InChI=1S/C23H17Cl2FN2O3/c24-13-5-6-19(29)14(9-13)18-10-17(12-4-7-20-21(8-12)31-11-30-20)27-23(28-18)22-15(25)2-1-3-16(22)26/h1-9,18,23,28-29H,10-11H2/t18-,23-/m0/s1. The Kier molecular flexibility index (Phi) is 5.22. The molecule has 0 aromatic heterocycles. The maximum absolute atomic E-state index is 14.7. The van der Waals surface area contributed by atoms with Gasteiger partial charge in [-0.1, -0.05) is 29.3 Å². The monoisotopic (exact) mass is 458 g/mol. The van der Waals surface area contributed by atoms with Gasteiger partial charge >= 0.3 is 0 Å². The number of aromatic hydroxyl groups is 1. The zero-order valence-corrected chi connectivity index (χ0v) is 17.6. The van der Waals surface area contributed by atoms with E-state index in [1.165, 1.54) is 12.1 Å². The molecule has 8 heteroatoms. The van der Waals surface area contributed by atoms with Crippen molar-refractivity contribution in [3.05, 3.63) is 87.2 Å². The molecule has 0 bridgehead atoms. The lowest BCUT2D eigenvalue weighted by Crippen LogP contribution is -2.33. The van der Waals surface area contributed by atoms with Crippen LogP contribution in [0.4, 0.5) is 4.39 Å². The highest BCUT2D eigenvalue weighted by Crippen LogP contribution is 2.39. The van der Waals surface area contributed by atoms with Gasteiger partial charge in [0.1, 0.15) is 17.7 Å². The van der Waals surface area contributed by atoms with E-state index in [9.17, 15) is 9.50 Å². The molecule has 0 unspecified atom stereocenters. The summed E-state index contributed by atoms with van der Waals surface area (Å²) in [6.07, 6.45) is -0.318. The zero-order chi connectivity index (χ0) is 21.5. The Morgan fingerprint density at radius 1 is 1.03 bits per heavy atom. The van der Waals surface area contributed by atoms with Crippen molar-refractivity contribution < 1.29 is 19.0 Å². The summed E-state index contributed by atoms with van der Waals surface area (Å²) in [4.78, 5) is 4.77. The summed E-state index contributed by atoms with van der Waals surface area (Å²) in [7, 11) is 0. The second kappa shape index (κ2) is 8.04. The maximum atomic E-state index is 14.7. The van der Waals surface area contributed by atoms with Crippen LogP contribution >= 0.6 is 23.2 Å². The number of rotatable bonds is 3. The van der Waals surface area contributed by atoms with E-state index in [4.69, 9.17) is 37.7 Å². The minimum absolute atomic E-state index is 0.0900. The summed E-state index contributed by atoms with van der Waals surface area (Å²) in [6, 6.07) is 14.5. The number of fused-ring (bicyclic) bond motifs is 1. The molecule has 2 aliphatic rings. The number of nitrogens with one attached hydrogen (secondary N) is 1. The van der Waals surface area contributed by atoms with Crippen LogP contribution in [0.15, 0.2) is 59.6 Å². The maximum Gasteiger partial charge on any atom is 0.231 e. The van der Waals surface area contributed by atoms with E-state index in [0.717, 1.165) is 5.56 Å². The van der Waals surface area contributed by atoms with Gasteiger partial charge in [-0.25, -0.2) is 4.39 Å². The molecule has 5 rings (SSSR count). The lowest BCUT2D eigenvalue weighted by molar-refractivity contribution is 0.174. The minimum atomic E-state index is -0.758. The number of phenols is 1. The van der Waals surface area contributed by atoms with Crippen molar-refractivity contribution in [3.8, 4) is 17.2 Å². The van der Waals surface area contributed by atoms with Crippen molar-refractivity contribution in [3.63, 3.8) is 0 Å². The van der Waals surface area contributed by atoms with E-state index in [-0.39, 0.29) is 29.2 Å². The highest BCUT2D eigenvalue weighted by atomic mass is 35.5. The van der Waals surface area contributed by atoms with Gasteiger partial charge in [0.15, 0.2) is 11.5 Å². The average Bonchev–Trinajstić information content (AvgIpc) is 3.23. The Bertz CT molecular complexity index is 1180. The van der Waals surface area contributed by atoms with Crippen molar-refractivity contribution in [1.82, 2.24) is 5.32 Å². The summed E-state index contributed by atoms with van der Waals surface area (Å²) in [5, 5.41) is 14.5. The Labute approximate surface area is 188 Å². The summed E-state index contributed by atoms with van der Waals surface area (Å²) < 4.78 is 25.6. The lowest BCUT2D eigenvalue weighted by atomic mass is 9.93. The Hall–Kier alpha value is -2.80. The van der Waals surface area contributed by atoms with Crippen LogP contribution in [0.25, 0.3) is 0 Å². The van der Waals surface area contributed by atoms with E-state index in [0.29, 0.717) is 34.2 Å². The topological polar surface area (TPSA) is 63.1 Å². The van der Waals surface area contributed by atoms with Crippen LogP contribution in [0.5, 0.6) is 17.2 Å². The Morgan fingerprint density at radius 3 is 2.71 bits per heavy atom. The largest absolute Gasteiger partial charge is 0.508 e. The fourth-order valence-electron chi connectivity index (χ4n) is 3.88. The molecular formula is C23H17Cl2FN2O3. The molecule has 2 heterocycles. The van der Waals surface area contributed by atoms with Gasteiger partial charge in [0.2, 0.25) is 6.79 Å². The normalized spacial score (nSPS) is 19.9. The van der Waals surface area contributed by atoms with Gasteiger partial charge in [-0.05, 0) is 54.1 Å².